The van der Waals surface area contributed by atoms with Gasteiger partial charge in [0.15, 0.2) is 11.5 Å². The predicted octanol–water partition coefficient (Wildman–Crippen LogP) is 2.70. The summed E-state index contributed by atoms with van der Waals surface area (Å²) in [5.41, 5.74) is 2.27. The largest absolute Gasteiger partial charge is 0.486 e. The van der Waals surface area contributed by atoms with Gasteiger partial charge in [-0.3, -0.25) is 0 Å². The third-order valence-electron chi connectivity index (χ3n) is 4.76. The lowest BCUT2D eigenvalue weighted by molar-refractivity contribution is 0.171. The van der Waals surface area contributed by atoms with Crippen LogP contribution < -0.4 is 19.7 Å². The molecule has 1 atom stereocenters. The van der Waals surface area contributed by atoms with E-state index in [1.807, 2.05) is 18.5 Å². The van der Waals surface area contributed by atoms with Crippen LogP contribution in [-0.2, 0) is 6.54 Å². The minimum Gasteiger partial charge on any atom is -0.486 e. The molecule has 4 rings (SSSR count). The fourth-order valence-corrected chi connectivity index (χ4v) is 3.24. The lowest BCUT2D eigenvalue weighted by Crippen LogP contribution is -2.22. The van der Waals surface area contributed by atoms with E-state index >= 15 is 0 Å². The van der Waals surface area contributed by atoms with Gasteiger partial charge in [-0.05, 0) is 37.5 Å². The van der Waals surface area contributed by atoms with Gasteiger partial charge in [0.1, 0.15) is 13.2 Å². The van der Waals surface area contributed by atoms with Crippen LogP contribution >= 0.6 is 0 Å². The van der Waals surface area contributed by atoms with Gasteiger partial charge in [0.2, 0.25) is 5.95 Å². The number of nitrogens with one attached hydrogen (secondary N) is 1. The quantitative estimate of drug-likeness (QED) is 0.903. The van der Waals surface area contributed by atoms with Gasteiger partial charge >= 0.3 is 0 Å². The van der Waals surface area contributed by atoms with Crippen LogP contribution in [0.1, 0.15) is 36.9 Å². The van der Waals surface area contributed by atoms with Crippen molar-refractivity contribution in [2.24, 2.45) is 0 Å². The van der Waals surface area contributed by atoms with Crippen molar-refractivity contribution in [2.75, 3.05) is 31.2 Å². The number of fused-ring (bicyclic) bond motifs is 1. The zero-order valence-electron chi connectivity index (χ0n) is 14.6. The first-order valence-electron chi connectivity index (χ1n) is 8.98. The summed E-state index contributed by atoms with van der Waals surface area (Å²) >= 11 is 0. The summed E-state index contributed by atoms with van der Waals surface area (Å²) < 4.78 is 11.2. The van der Waals surface area contributed by atoms with Crippen molar-refractivity contribution in [1.29, 1.82) is 0 Å². The van der Waals surface area contributed by atoms with E-state index in [0.717, 1.165) is 42.6 Å². The standard InChI is InChI=1S/C19H24N4O2/c1-14(16-4-5-17-18(10-16)25-9-8-24-17)20-11-15-12-21-19(22-13-15)23-6-2-3-7-23/h4-5,10,12-14,20H,2-3,6-9,11H2,1H3/t14-/m0/s1. The molecule has 2 aliphatic heterocycles. The molecule has 0 aliphatic carbocycles. The van der Waals surface area contributed by atoms with Crippen molar-refractivity contribution in [2.45, 2.75) is 32.4 Å². The first-order valence-corrected chi connectivity index (χ1v) is 8.98. The van der Waals surface area contributed by atoms with Gasteiger partial charge in [-0.15, -0.1) is 0 Å². The van der Waals surface area contributed by atoms with Crippen molar-refractivity contribution >= 4 is 5.95 Å². The molecular weight excluding hydrogens is 316 g/mol. The van der Waals surface area contributed by atoms with Crippen molar-refractivity contribution in [3.63, 3.8) is 0 Å². The molecule has 25 heavy (non-hydrogen) atoms. The lowest BCUT2D eigenvalue weighted by Gasteiger charge is -2.21. The van der Waals surface area contributed by atoms with Crippen LogP contribution in [0, 0.1) is 0 Å². The van der Waals surface area contributed by atoms with E-state index < -0.39 is 0 Å². The molecule has 6 heteroatoms. The second-order valence-electron chi connectivity index (χ2n) is 6.59. The summed E-state index contributed by atoms with van der Waals surface area (Å²) in [6.07, 6.45) is 6.31. The number of ether oxygens (including phenoxy) is 2. The van der Waals surface area contributed by atoms with Crippen molar-refractivity contribution in [3.8, 4) is 11.5 Å². The third kappa shape index (κ3) is 3.69. The first kappa shape index (κ1) is 16.1. The Kier molecular flexibility index (Phi) is 4.70. The average Bonchev–Trinajstić information content (AvgIpc) is 3.21. The van der Waals surface area contributed by atoms with Crippen molar-refractivity contribution < 1.29 is 9.47 Å². The van der Waals surface area contributed by atoms with Gasteiger partial charge in [-0.2, -0.15) is 0 Å². The van der Waals surface area contributed by atoms with Crippen LogP contribution in [0.25, 0.3) is 0 Å². The highest BCUT2D eigenvalue weighted by Gasteiger charge is 2.16. The van der Waals surface area contributed by atoms with E-state index in [1.165, 1.54) is 18.4 Å². The minimum atomic E-state index is 0.203. The van der Waals surface area contributed by atoms with Gasteiger partial charge in [0.05, 0.1) is 0 Å². The molecule has 1 fully saturated rings. The highest BCUT2D eigenvalue weighted by molar-refractivity contribution is 5.44. The molecule has 0 bridgehead atoms. The molecule has 0 saturated carbocycles. The zero-order chi connectivity index (χ0) is 17.1. The maximum absolute atomic E-state index is 5.66. The smallest absolute Gasteiger partial charge is 0.225 e. The van der Waals surface area contributed by atoms with Crippen LogP contribution in [0.5, 0.6) is 11.5 Å². The normalized spacial score (nSPS) is 17.6. The summed E-state index contributed by atoms with van der Waals surface area (Å²) in [6.45, 7) is 6.24. The topological polar surface area (TPSA) is 59.5 Å². The Hall–Kier alpha value is -2.34. The molecule has 1 aromatic heterocycles. The number of nitrogens with zero attached hydrogens (tertiary/aromatic N) is 3. The Morgan fingerprint density at radius 3 is 2.56 bits per heavy atom. The predicted molar refractivity (Wildman–Crippen MR) is 96.2 cm³/mol. The molecular formula is C19H24N4O2. The second kappa shape index (κ2) is 7.27. The van der Waals surface area contributed by atoms with Crippen LogP contribution in [-0.4, -0.2) is 36.3 Å². The number of hydrogen-bond acceptors (Lipinski definition) is 6. The third-order valence-corrected chi connectivity index (χ3v) is 4.76. The van der Waals surface area contributed by atoms with E-state index in [2.05, 4.69) is 39.2 Å². The van der Waals surface area contributed by atoms with Crippen LogP contribution in [0.4, 0.5) is 5.95 Å². The number of benzene rings is 1. The maximum Gasteiger partial charge on any atom is 0.225 e. The van der Waals surface area contributed by atoms with Crippen LogP contribution in [0.2, 0.25) is 0 Å². The maximum atomic E-state index is 5.66. The fraction of sp³-hybridized carbons (Fsp3) is 0.474. The number of anilines is 1. The summed E-state index contributed by atoms with van der Waals surface area (Å²) in [5.74, 6) is 2.50. The van der Waals surface area contributed by atoms with Crippen molar-refractivity contribution in [3.05, 3.63) is 41.7 Å². The van der Waals surface area contributed by atoms with E-state index in [9.17, 15) is 0 Å². The number of rotatable bonds is 5. The van der Waals surface area contributed by atoms with Crippen molar-refractivity contribution in [1.82, 2.24) is 15.3 Å². The molecule has 3 heterocycles. The Balaban J connectivity index is 1.36. The monoisotopic (exact) mass is 340 g/mol. The molecule has 1 N–H and O–H groups in total. The average molecular weight is 340 g/mol. The molecule has 0 radical (unpaired) electrons. The van der Waals surface area contributed by atoms with E-state index in [0.29, 0.717) is 13.2 Å². The summed E-state index contributed by atoms with van der Waals surface area (Å²) in [5, 5.41) is 3.52. The Morgan fingerprint density at radius 2 is 1.80 bits per heavy atom. The first-order chi connectivity index (χ1) is 12.3. The molecule has 132 valence electrons. The number of hydrogen-bond donors (Lipinski definition) is 1. The lowest BCUT2D eigenvalue weighted by atomic mass is 10.1. The molecule has 0 unspecified atom stereocenters. The molecule has 1 aromatic carbocycles. The Labute approximate surface area is 148 Å². The minimum absolute atomic E-state index is 0.203. The van der Waals surface area contributed by atoms with E-state index in [4.69, 9.17) is 9.47 Å². The molecule has 0 amide bonds. The zero-order valence-corrected chi connectivity index (χ0v) is 14.6. The Bertz CT molecular complexity index is 714. The molecule has 6 nitrogen and oxygen atoms in total. The molecule has 2 aliphatic rings. The molecule has 1 saturated heterocycles. The molecule has 0 spiro atoms. The highest BCUT2D eigenvalue weighted by Crippen LogP contribution is 2.32. The van der Waals surface area contributed by atoms with Gasteiger partial charge in [0, 0.05) is 43.6 Å². The van der Waals surface area contributed by atoms with E-state index in [-0.39, 0.29) is 6.04 Å². The summed E-state index contributed by atoms with van der Waals surface area (Å²) in [6, 6.07) is 6.32. The molecule has 2 aromatic rings. The fourth-order valence-electron chi connectivity index (χ4n) is 3.24. The number of aromatic nitrogens is 2. The van der Waals surface area contributed by atoms with Crippen LogP contribution in [0.15, 0.2) is 30.6 Å². The van der Waals surface area contributed by atoms with Crippen LogP contribution in [0.3, 0.4) is 0 Å². The van der Waals surface area contributed by atoms with Gasteiger partial charge in [-0.25, -0.2) is 9.97 Å². The Morgan fingerprint density at radius 1 is 1.08 bits per heavy atom. The van der Waals surface area contributed by atoms with Gasteiger partial charge < -0.3 is 19.7 Å². The summed E-state index contributed by atoms with van der Waals surface area (Å²) in [4.78, 5) is 11.3. The van der Waals surface area contributed by atoms with E-state index in [1.54, 1.807) is 0 Å². The highest BCUT2D eigenvalue weighted by atomic mass is 16.6. The summed E-state index contributed by atoms with van der Waals surface area (Å²) in [7, 11) is 0. The van der Waals surface area contributed by atoms with Gasteiger partial charge in [-0.1, -0.05) is 6.07 Å². The second-order valence-corrected chi connectivity index (χ2v) is 6.59. The van der Waals surface area contributed by atoms with Gasteiger partial charge in [0.25, 0.3) is 0 Å². The SMILES string of the molecule is C[C@H](NCc1cnc(N2CCCC2)nc1)c1ccc2c(c1)OCCO2.